The van der Waals surface area contributed by atoms with E-state index in [9.17, 15) is 18.8 Å². The van der Waals surface area contributed by atoms with Crippen LogP contribution in [0.2, 0.25) is 0 Å². The van der Waals surface area contributed by atoms with E-state index in [-0.39, 0.29) is 12.1 Å². The molecule has 35 heavy (non-hydrogen) atoms. The Kier molecular flexibility index (Phi) is 9.07. The highest BCUT2D eigenvalue weighted by Gasteiger charge is 2.09. The molecule has 0 unspecified atom stereocenters. The minimum atomic E-state index is -0.534. The van der Waals surface area contributed by atoms with Gasteiger partial charge in [0.2, 0.25) is 0 Å². The average molecular weight is 477 g/mol. The number of hydrogen-bond donors (Lipinski definition) is 2. The Hall–Kier alpha value is -4.53. The van der Waals surface area contributed by atoms with E-state index in [1.165, 1.54) is 18.3 Å². The van der Waals surface area contributed by atoms with Crippen molar-refractivity contribution in [1.29, 1.82) is 0 Å². The van der Waals surface area contributed by atoms with E-state index >= 15 is 0 Å². The summed E-state index contributed by atoms with van der Waals surface area (Å²) in [6.45, 7) is 2.32. The van der Waals surface area contributed by atoms with Crippen LogP contribution in [0.4, 0.5) is 4.39 Å². The number of nitrogens with zero attached hydrogens (tertiary/aromatic N) is 1. The lowest BCUT2D eigenvalue weighted by molar-refractivity contribution is -0.120. The molecule has 2 N–H and O–H groups in total. The van der Waals surface area contributed by atoms with E-state index in [0.717, 1.165) is 18.6 Å². The van der Waals surface area contributed by atoms with Crippen molar-refractivity contribution in [2.45, 2.75) is 13.3 Å². The second-order valence-electron chi connectivity index (χ2n) is 7.31. The van der Waals surface area contributed by atoms with Crippen molar-refractivity contribution in [3.05, 3.63) is 95.3 Å². The van der Waals surface area contributed by atoms with Gasteiger partial charge in [-0.1, -0.05) is 6.92 Å². The topological polar surface area (TPSA) is 106 Å². The molecule has 9 heteroatoms. The zero-order valence-electron chi connectivity index (χ0n) is 19.0. The molecule has 0 bridgehead atoms. The van der Waals surface area contributed by atoms with Crippen molar-refractivity contribution >= 4 is 24.0 Å². The largest absolute Gasteiger partial charge is 0.494 e. The highest BCUT2D eigenvalue weighted by molar-refractivity contribution is 5.96. The van der Waals surface area contributed by atoms with Gasteiger partial charge in [-0.15, -0.1) is 0 Å². The molecule has 2 amide bonds. The number of carbonyl (C=O) groups excluding carboxylic acids is 3. The van der Waals surface area contributed by atoms with Gasteiger partial charge in [0.05, 0.1) is 24.9 Å². The van der Waals surface area contributed by atoms with E-state index < -0.39 is 23.6 Å². The number of hydrazone groups is 1. The maximum Gasteiger partial charge on any atom is 0.343 e. The zero-order valence-corrected chi connectivity index (χ0v) is 19.0. The third-order valence-electron chi connectivity index (χ3n) is 4.57. The summed E-state index contributed by atoms with van der Waals surface area (Å²) in [6, 6.07) is 18.2. The van der Waals surface area contributed by atoms with Crippen LogP contribution in [0.5, 0.6) is 11.5 Å². The molecule has 0 radical (unpaired) electrons. The van der Waals surface area contributed by atoms with Crippen molar-refractivity contribution in [3.8, 4) is 11.5 Å². The third-order valence-corrected chi connectivity index (χ3v) is 4.57. The molecule has 0 spiro atoms. The van der Waals surface area contributed by atoms with Crippen molar-refractivity contribution in [3.63, 3.8) is 0 Å². The van der Waals surface area contributed by atoms with Gasteiger partial charge in [-0.05, 0) is 84.8 Å². The summed E-state index contributed by atoms with van der Waals surface area (Å²) >= 11 is 0. The molecule has 0 aliphatic rings. The number of carbonyl (C=O) groups is 3. The number of ether oxygens (including phenoxy) is 2. The van der Waals surface area contributed by atoms with E-state index in [2.05, 4.69) is 15.8 Å². The number of halogens is 1. The van der Waals surface area contributed by atoms with Crippen molar-refractivity contribution in [2.75, 3.05) is 13.2 Å². The highest BCUT2D eigenvalue weighted by Crippen LogP contribution is 2.16. The van der Waals surface area contributed by atoms with Gasteiger partial charge < -0.3 is 14.8 Å². The van der Waals surface area contributed by atoms with Crippen LogP contribution in [0.15, 0.2) is 77.9 Å². The third kappa shape index (κ3) is 8.08. The molecule has 0 fully saturated rings. The number of benzene rings is 3. The second kappa shape index (κ2) is 12.6. The molecular formula is C26H24FN3O5. The van der Waals surface area contributed by atoms with Gasteiger partial charge in [0, 0.05) is 5.56 Å². The first-order valence-corrected chi connectivity index (χ1v) is 10.9. The van der Waals surface area contributed by atoms with Crippen molar-refractivity contribution in [2.24, 2.45) is 5.10 Å². The molecule has 0 heterocycles. The zero-order chi connectivity index (χ0) is 25.0. The van der Waals surface area contributed by atoms with E-state index in [1.54, 1.807) is 48.5 Å². The molecule has 3 aromatic carbocycles. The number of amides is 2. The molecule has 0 saturated heterocycles. The van der Waals surface area contributed by atoms with Crippen LogP contribution in [0, 0.1) is 5.82 Å². The normalized spacial score (nSPS) is 10.6. The predicted octanol–water partition coefficient (Wildman–Crippen LogP) is 3.71. The highest BCUT2D eigenvalue weighted by atomic mass is 19.1. The molecule has 3 rings (SSSR count). The summed E-state index contributed by atoms with van der Waals surface area (Å²) < 4.78 is 23.8. The van der Waals surface area contributed by atoms with Crippen LogP contribution >= 0.6 is 0 Å². The van der Waals surface area contributed by atoms with Crippen LogP contribution in [0.25, 0.3) is 0 Å². The van der Waals surface area contributed by atoms with Gasteiger partial charge in [-0.25, -0.2) is 14.6 Å². The Morgan fingerprint density at radius 2 is 1.51 bits per heavy atom. The molecule has 0 aromatic heterocycles. The smallest absolute Gasteiger partial charge is 0.343 e. The fraction of sp³-hybridized carbons (Fsp3) is 0.154. The lowest BCUT2D eigenvalue weighted by Gasteiger charge is -2.07. The van der Waals surface area contributed by atoms with Crippen LogP contribution in [0.1, 0.15) is 39.6 Å². The summed E-state index contributed by atoms with van der Waals surface area (Å²) in [6.07, 6.45) is 2.30. The Morgan fingerprint density at radius 1 is 0.886 bits per heavy atom. The summed E-state index contributed by atoms with van der Waals surface area (Å²) in [5, 5.41) is 6.24. The predicted molar refractivity (Wildman–Crippen MR) is 128 cm³/mol. The molecule has 0 saturated carbocycles. The van der Waals surface area contributed by atoms with E-state index in [4.69, 9.17) is 9.47 Å². The quantitative estimate of drug-likeness (QED) is 0.200. The summed E-state index contributed by atoms with van der Waals surface area (Å²) in [4.78, 5) is 36.1. The average Bonchev–Trinajstić information content (AvgIpc) is 2.87. The van der Waals surface area contributed by atoms with Crippen LogP contribution in [0.3, 0.4) is 0 Å². The van der Waals surface area contributed by atoms with Gasteiger partial charge in [0.25, 0.3) is 11.8 Å². The first kappa shape index (κ1) is 25.1. The number of nitrogens with one attached hydrogen (secondary N) is 2. The molecule has 0 aliphatic heterocycles. The number of esters is 1. The van der Waals surface area contributed by atoms with Gasteiger partial charge in [-0.2, -0.15) is 5.10 Å². The lowest BCUT2D eigenvalue weighted by Crippen LogP contribution is -2.34. The second-order valence-corrected chi connectivity index (χ2v) is 7.31. The van der Waals surface area contributed by atoms with Crippen LogP contribution < -0.4 is 20.2 Å². The number of rotatable bonds is 10. The molecule has 8 nitrogen and oxygen atoms in total. The maximum absolute atomic E-state index is 12.9. The van der Waals surface area contributed by atoms with Gasteiger partial charge in [0.1, 0.15) is 17.3 Å². The van der Waals surface area contributed by atoms with Gasteiger partial charge in [0.15, 0.2) is 0 Å². The molecular weight excluding hydrogens is 453 g/mol. The van der Waals surface area contributed by atoms with Gasteiger partial charge in [-0.3, -0.25) is 9.59 Å². The Balaban J connectivity index is 1.43. The first-order chi connectivity index (χ1) is 16.9. The fourth-order valence-corrected chi connectivity index (χ4v) is 2.78. The first-order valence-electron chi connectivity index (χ1n) is 10.9. The van der Waals surface area contributed by atoms with E-state index in [1.807, 2.05) is 6.92 Å². The minimum Gasteiger partial charge on any atom is -0.494 e. The van der Waals surface area contributed by atoms with Gasteiger partial charge >= 0.3 is 5.97 Å². The monoisotopic (exact) mass is 477 g/mol. The summed E-state index contributed by atoms with van der Waals surface area (Å²) in [5.74, 6) is -0.949. The standard InChI is InChI=1S/C26H24FN3O5/c1-2-15-34-22-13-7-20(8-14-22)26(33)35-23-11-3-18(4-12-23)16-29-30-24(31)17-28-25(32)19-5-9-21(27)10-6-19/h3-14,16H,2,15,17H2,1H3,(H,28,32)(H,30,31). The molecule has 0 aliphatic carbocycles. The van der Waals surface area contributed by atoms with E-state index in [0.29, 0.717) is 29.2 Å². The lowest BCUT2D eigenvalue weighted by atomic mass is 10.2. The molecule has 3 aromatic rings. The summed E-state index contributed by atoms with van der Waals surface area (Å²) in [5.41, 5.74) is 3.58. The Labute approximate surface area is 201 Å². The van der Waals surface area contributed by atoms with Crippen molar-refractivity contribution < 1.29 is 28.2 Å². The fourth-order valence-electron chi connectivity index (χ4n) is 2.78. The molecule has 180 valence electrons. The molecule has 0 atom stereocenters. The Bertz CT molecular complexity index is 1180. The van der Waals surface area contributed by atoms with Crippen LogP contribution in [-0.2, 0) is 4.79 Å². The Morgan fingerprint density at radius 3 is 2.17 bits per heavy atom. The SMILES string of the molecule is CCCOc1ccc(C(=O)Oc2ccc(C=NNC(=O)CNC(=O)c3ccc(F)cc3)cc2)cc1. The van der Waals surface area contributed by atoms with Crippen LogP contribution in [-0.4, -0.2) is 37.1 Å². The maximum atomic E-state index is 12.9. The summed E-state index contributed by atoms with van der Waals surface area (Å²) in [7, 11) is 0. The number of hydrogen-bond acceptors (Lipinski definition) is 6. The minimum absolute atomic E-state index is 0.237. The van der Waals surface area contributed by atoms with Crippen molar-refractivity contribution in [1.82, 2.24) is 10.7 Å².